The minimum atomic E-state index is -1.32. The van der Waals surface area contributed by atoms with Gasteiger partial charge >= 0.3 is 5.97 Å². The van der Waals surface area contributed by atoms with Crippen LogP contribution in [0.1, 0.15) is 38.5 Å². The quantitative estimate of drug-likeness (QED) is 0.768. The molecule has 0 atom stereocenters. The predicted octanol–water partition coefficient (Wildman–Crippen LogP) is 1.52. The molecular weight excluding hydrogens is 246 g/mol. The number of carbonyl (C=O) groups is 2. The molecule has 1 saturated heterocycles. The Balaban J connectivity index is 1.83. The highest BCUT2D eigenvalue weighted by Gasteiger charge is 2.54. The Hall–Kier alpha value is -1.10. The molecule has 0 spiro atoms. The van der Waals surface area contributed by atoms with E-state index in [2.05, 4.69) is 0 Å². The van der Waals surface area contributed by atoms with Crippen LogP contribution in [-0.4, -0.2) is 48.7 Å². The zero-order valence-corrected chi connectivity index (χ0v) is 11.6. The lowest BCUT2D eigenvalue weighted by molar-refractivity contribution is -0.190. The first-order valence-electron chi connectivity index (χ1n) is 7.13. The van der Waals surface area contributed by atoms with Crippen molar-refractivity contribution in [1.29, 1.82) is 0 Å². The number of aliphatic carboxylic acids is 1. The standard InChI is InChI=1S/C14H23NO4/c1-15(8-7-11-5-3-2-4-6-11)12(16)14(13(17)18)9-19-10-14/h11H,2-10H2,1H3,(H,17,18). The molecule has 2 aliphatic rings. The zero-order chi connectivity index (χ0) is 13.9. The van der Waals surface area contributed by atoms with E-state index in [0.717, 1.165) is 6.42 Å². The average molecular weight is 269 g/mol. The van der Waals surface area contributed by atoms with Crippen LogP contribution in [0, 0.1) is 11.3 Å². The molecule has 0 aromatic heterocycles. The zero-order valence-electron chi connectivity index (χ0n) is 11.6. The average Bonchev–Trinajstić information content (AvgIpc) is 2.35. The predicted molar refractivity (Wildman–Crippen MR) is 69.7 cm³/mol. The van der Waals surface area contributed by atoms with E-state index < -0.39 is 11.4 Å². The summed E-state index contributed by atoms with van der Waals surface area (Å²) in [5, 5.41) is 9.19. The van der Waals surface area contributed by atoms with Gasteiger partial charge in [-0.25, -0.2) is 0 Å². The maximum Gasteiger partial charge on any atom is 0.324 e. The molecule has 1 aliphatic heterocycles. The SMILES string of the molecule is CN(CCC1CCCCC1)C(=O)C1(C(=O)O)COC1. The summed E-state index contributed by atoms with van der Waals surface area (Å²) in [5.74, 6) is -0.669. The summed E-state index contributed by atoms with van der Waals surface area (Å²) in [4.78, 5) is 25.0. The molecule has 0 aromatic carbocycles. The van der Waals surface area contributed by atoms with E-state index in [9.17, 15) is 14.7 Å². The van der Waals surface area contributed by atoms with Gasteiger partial charge in [0.1, 0.15) is 0 Å². The molecule has 0 unspecified atom stereocenters. The van der Waals surface area contributed by atoms with Crippen LogP contribution in [0.25, 0.3) is 0 Å². The van der Waals surface area contributed by atoms with Crippen LogP contribution in [0.4, 0.5) is 0 Å². The van der Waals surface area contributed by atoms with Crippen LogP contribution >= 0.6 is 0 Å². The van der Waals surface area contributed by atoms with Crippen molar-refractivity contribution in [2.45, 2.75) is 38.5 Å². The van der Waals surface area contributed by atoms with Crippen LogP contribution in [0.15, 0.2) is 0 Å². The Bertz CT molecular complexity index is 345. The Morgan fingerprint density at radius 2 is 1.89 bits per heavy atom. The summed E-state index contributed by atoms with van der Waals surface area (Å²) in [5.41, 5.74) is -1.32. The molecule has 19 heavy (non-hydrogen) atoms. The van der Waals surface area contributed by atoms with Crippen molar-refractivity contribution in [2.24, 2.45) is 11.3 Å². The van der Waals surface area contributed by atoms with E-state index in [1.165, 1.54) is 32.1 Å². The van der Waals surface area contributed by atoms with Gasteiger partial charge in [-0.1, -0.05) is 32.1 Å². The molecule has 108 valence electrons. The summed E-state index contributed by atoms with van der Waals surface area (Å²) in [6.45, 7) is 0.669. The van der Waals surface area contributed by atoms with Crippen molar-refractivity contribution in [1.82, 2.24) is 4.90 Å². The number of carbonyl (C=O) groups excluding carboxylic acids is 1. The largest absolute Gasteiger partial charge is 0.480 e. The van der Waals surface area contributed by atoms with Gasteiger partial charge in [0.25, 0.3) is 0 Å². The number of rotatable bonds is 5. The lowest BCUT2D eigenvalue weighted by atomic mass is 9.83. The highest BCUT2D eigenvalue weighted by molar-refractivity contribution is 6.03. The van der Waals surface area contributed by atoms with Gasteiger partial charge in [0, 0.05) is 13.6 Å². The number of hydrogen-bond acceptors (Lipinski definition) is 3. The molecule has 1 aliphatic carbocycles. The van der Waals surface area contributed by atoms with Crippen LogP contribution in [0.2, 0.25) is 0 Å². The number of amides is 1. The van der Waals surface area contributed by atoms with E-state index in [1.807, 2.05) is 0 Å². The molecular formula is C14H23NO4. The highest BCUT2D eigenvalue weighted by atomic mass is 16.5. The fourth-order valence-electron chi connectivity index (χ4n) is 2.96. The maximum atomic E-state index is 12.2. The van der Waals surface area contributed by atoms with Crippen LogP contribution in [-0.2, 0) is 14.3 Å². The Morgan fingerprint density at radius 1 is 1.26 bits per heavy atom. The molecule has 5 nitrogen and oxygen atoms in total. The topological polar surface area (TPSA) is 66.8 Å². The van der Waals surface area contributed by atoms with Gasteiger partial charge in [0.05, 0.1) is 13.2 Å². The molecule has 0 radical (unpaired) electrons. The van der Waals surface area contributed by atoms with E-state index in [-0.39, 0.29) is 19.1 Å². The molecule has 1 amide bonds. The van der Waals surface area contributed by atoms with E-state index in [4.69, 9.17) is 4.74 Å². The monoisotopic (exact) mass is 269 g/mol. The number of carboxylic acids is 1. The summed E-state index contributed by atoms with van der Waals surface area (Å²) in [6.07, 6.45) is 7.37. The summed E-state index contributed by atoms with van der Waals surface area (Å²) >= 11 is 0. The van der Waals surface area contributed by atoms with Crippen molar-refractivity contribution >= 4 is 11.9 Å². The molecule has 2 fully saturated rings. The summed E-state index contributed by atoms with van der Waals surface area (Å²) in [6, 6.07) is 0. The van der Waals surface area contributed by atoms with Crippen LogP contribution in [0.3, 0.4) is 0 Å². The molecule has 0 aromatic rings. The van der Waals surface area contributed by atoms with Gasteiger partial charge in [-0.2, -0.15) is 0 Å². The first-order valence-corrected chi connectivity index (χ1v) is 7.13. The van der Waals surface area contributed by atoms with Crippen molar-refractivity contribution in [3.05, 3.63) is 0 Å². The van der Waals surface area contributed by atoms with Crippen molar-refractivity contribution in [3.63, 3.8) is 0 Å². The fraction of sp³-hybridized carbons (Fsp3) is 0.857. The lowest BCUT2D eigenvalue weighted by Crippen LogP contribution is -2.59. The molecule has 2 rings (SSSR count). The molecule has 5 heteroatoms. The van der Waals surface area contributed by atoms with Crippen molar-refractivity contribution < 1.29 is 19.4 Å². The number of hydrogen-bond donors (Lipinski definition) is 1. The normalized spacial score (nSPS) is 22.6. The molecule has 1 heterocycles. The third-order valence-electron chi connectivity index (χ3n) is 4.46. The smallest absolute Gasteiger partial charge is 0.324 e. The van der Waals surface area contributed by atoms with Crippen LogP contribution in [0.5, 0.6) is 0 Å². The van der Waals surface area contributed by atoms with Gasteiger partial charge in [-0.05, 0) is 12.3 Å². The van der Waals surface area contributed by atoms with Crippen LogP contribution < -0.4 is 0 Å². The van der Waals surface area contributed by atoms with Gasteiger partial charge in [-0.15, -0.1) is 0 Å². The second-order valence-corrected chi connectivity index (χ2v) is 5.90. The minimum Gasteiger partial charge on any atom is -0.480 e. The minimum absolute atomic E-state index is 0.00886. The van der Waals surface area contributed by atoms with E-state index in [1.54, 1.807) is 11.9 Å². The van der Waals surface area contributed by atoms with Crippen molar-refractivity contribution in [2.75, 3.05) is 26.8 Å². The molecule has 1 saturated carbocycles. The van der Waals surface area contributed by atoms with Crippen molar-refractivity contribution in [3.8, 4) is 0 Å². The number of carboxylic acid groups (broad SMARTS) is 1. The van der Waals surface area contributed by atoms with E-state index >= 15 is 0 Å². The lowest BCUT2D eigenvalue weighted by Gasteiger charge is -2.38. The highest BCUT2D eigenvalue weighted by Crippen LogP contribution is 2.31. The fourth-order valence-corrected chi connectivity index (χ4v) is 2.96. The molecule has 0 bridgehead atoms. The Morgan fingerprint density at radius 3 is 2.37 bits per heavy atom. The number of nitrogens with zero attached hydrogens (tertiary/aromatic N) is 1. The summed E-state index contributed by atoms with van der Waals surface area (Å²) < 4.78 is 4.94. The van der Waals surface area contributed by atoms with E-state index in [0.29, 0.717) is 12.5 Å². The Labute approximate surface area is 113 Å². The first-order chi connectivity index (χ1) is 9.06. The van der Waals surface area contributed by atoms with Gasteiger partial charge in [0.15, 0.2) is 5.41 Å². The maximum absolute atomic E-state index is 12.2. The third kappa shape index (κ3) is 2.91. The second kappa shape index (κ2) is 5.90. The first kappa shape index (κ1) is 14.3. The Kier molecular flexibility index (Phi) is 4.45. The number of ether oxygens (including phenoxy) is 1. The molecule has 1 N–H and O–H groups in total. The third-order valence-corrected chi connectivity index (χ3v) is 4.46. The second-order valence-electron chi connectivity index (χ2n) is 5.90. The van der Waals surface area contributed by atoms with Gasteiger partial charge < -0.3 is 14.7 Å². The van der Waals surface area contributed by atoms with Gasteiger partial charge in [0.2, 0.25) is 5.91 Å². The summed E-state index contributed by atoms with van der Waals surface area (Å²) in [7, 11) is 1.70. The van der Waals surface area contributed by atoms with Gasteiger partial charge in [-0.3, -0.25) is 9.59 Å².